The molecule has 1 aromatic heterocycles. The largest absolute Gasteiger partial charge is 0.504 e. The second-order valence-corrected chi connectivity index (χ2v) is 5.71. The van der Waals surface area contributed by atoms with Crippen molar-refractivity contribution in [2.75, 3.05) is 7.11 Å². The maximum absolute atomic E-state index is 11.2. The third kappa shape index (κ3) is 2.46. The van der Waals surface area contributed by atoms with Crippen LogP contribution >= 0.6 is 11.3 Å². The lowest BCUT2D eigenvalue weighted by atomic mass is 9.90. The lowest BCUT2D eigenvalue weighted by Gasteiger charge is -2.15. The van der Waals surface area contributed by atoms with E-state index in [1.807, 2.05) is 0 Å². The number of phenols is 1. The Bertz CT molecular complexity index is 648. The third-order valence-electron chi connectivity index (χ3n) is 3.11. The average Bonchev–Trinajstić information content (AvgIpc) is 2.89. The zero-order chi connectivity index (χ0) is 14.9. The highest BCUT2D eigenvalue weighted by Gasteiger charge is 2.32. The monoisotopic (exact) mass is 293 g/mol. The number of thiazole rings is 1. The number of hydrogen-bond donors (Lipinski definition) is 2. The van der Waals surface area contributed by atoms with Crippen LogP contribution in [0.25, 0.3) is 10.6 Å². The SMILES string of the molecule is COc1cc(-c2nc(C(C)(C)C(=O)O)cs2)ccc1O. The molecule has 0 spiro atoms. The summed E-state index contributed by atoms with van der Waals surface area (Å²) in [5, 5.41) is 21.2. The summed E-state index contributed by atoms with van der Waals surface area (Å²) in [7, 11) is 1.47. The summed E-state index contributed by atoms with van der Waals surface area (Å²) in [6.45, 7) is 3.23. The Morgan fingerprint density at radius 1 is 1.40 bits per heavy atom. The van der Waals surface area contributed by atoms with Gasteiger partial charge in [-0.1, -0.05) is 0 Å². The van der Waals surface area contributed by atoms with Crippen molar-refractivity contribution in [1.82, 2.24) is 4.98 Å². The van der Waals surface area contributed by atoms with Crippen LogP contribution in [-0.2, 0) is 10.2 Å². The molecule has 1 heterocycles. The van der Waals surface area contributed by atoms with Gasteiger partial charge in [0.05, 0.1) is 12.8 Å². The average molecular weight is 293 g/mol. The van der Waals surface area contributed by atoms with Crippen molar-refractivity contribution < 1.29 is 19.7 Å². The number of ether oxygens (including phenoxy) is 1. The van der Waals surface area contributed by atoms with Gasteiger partial charge in [0.15, 0.2) is 11.5 Å². The number of benzene rings is 1. The number of nitrogens with zero attached hydrogens (tertiary/aromatic N) is 1. The molecule has 0 aliphatic heterocycles. The van der Waals surface area contributed by atoms with E-state index in [0.717, 1.165) is 5.56 Å². The molecule has 0 amide bonds. The molecule has 2 rings (SSSR count). The molecule has 0 bridgehead atoms. The molecule has 0 atom stereocenters. The smallest absolute Gasteiger partial charge is 0.315 e. The van der Waals surface area contributed by atoms with E-state index in [2.05, 4.69) is 4.98 Å². The summed E-state index contributed by atoms with van der Waals surface area (Å²) < 4.78 is 5.05. The van der Waals surface area contributed by atoms with Crippen molar-refractivity contribution in [2.24, 2.45) is 0 Å². The summed E-state index contributed by atoms with van der Waals surface area (Å²) >= 11 is 1.36. The molecular weight excluding hydrogens is 278 g/mol. The molecule has 106 valence electrons. The van der Waals surface area contributed by atoms with Gasteiger partial charge < -0.3 is 14.9 Å². The van der Waals surface area contributed by atoms with Crippen molar-refractivity contribution in [3.63, 3.8) is 0 Å². The number of carboxylic acid groups (broad SMARTS) is 1. The standard InChI is InChI=1S/C14H15NO4S/c1-14(2,13(17)18)11-7-20-12(15-11)8-4-5-9(16)10(6-8)19-3/h4-7,16H,1-3H3,(H,17,18). The lowest BCUT2D eigenvalue weighted by Crippen LogP contribution is -2.28. The molecule has 0 aliphatic rings. The predicted octanol–water partition coefficient (Wildman–Crippen LogP) is 2.89. The highest BCUT2D eigenvalue weighted by atomic mass is 32.1. The zero-order valence-electron chi connectivity index (χ0n) is 11.4. The number of aliphatic carboxylic acids is 1. The quantitative estimate of drug-likeness (QED) is 0.906. The Morgan fingerprint density at radius 2 is 2.10 bits per heavy atom. The summed E-state index contributed by atoms with van der Waals surface area (Å²) in [6.07, 6.45) is 0. The zero-order valence-corrected chi connectivity index (χ0v) is 12.2. The van der Waals surface area contributed by atoms with Crippen LogP contribution in [0.1, 0.15) is 19.5 Å². The molecule has 1 aromatic carbocycles. The van der Waals surface area contributed by atoms with Crippen LogP contribution in [-0.4, -0.2) is 28.3 Å². The van der Waals surface area contributed by atoms with E-state index in [1.165, 1.54) is 24.5 Å². The second kappa shape index (κ2) is 5.13. The first-order valence-corrected chi connectivity index (χ1v) is 6.81. The number of carbonyl (C=O) groups is 1. The summed E-state index contributed by atoms with van der Waals surface area (Å²) in [5.41, 5.74) is 0.254. The van der Waals surface area contributed by atoms with Gasteiger partial charge in [-0.3, -0.25) is 4.79 Å². The summed E-state index contributed by atoms with van der Waals surface area (Å²) in [4.78, 5) is 15.6. The van der Waals surface area contributed by atoms with Crippen LogP contribution in [0.5, 0.6) is 11.5 Å². The van der Waals surface area contributed by atoms with Crippen molar-refractivity contribution >= 4 is 17.3 Å². The second-order valence-electron chi connectivity index (χ2n) is 4.85. The Balaban J connectivity index is 2.41. The lowest BCUT2D eigenvalue weighted by molar-refractivity contribution is -0.142. The fraction of sp³-hybridized carbons (Fsp3) is 0.286. The first-order valence-electron chi connectivity index (χ1n) is 5.93. The summed E-state index contributed by atoms with van der Waals surface area (Å²) in [6, 6.07) is 4.91. The number of rotatable bonds is 4. The Morgan fingerprint density at radius 3 is 2.70 bits per heavy atom. The first kappa shape index (κ1) is 14.3. The molecule has 0 aliphatic carbocycles. The predicted molar refractivity (Wildman–Crippen MR) is 76.4 cm³/mol. The van der Waals surface area contributed by atoms with Crippen molar-refractivity contribution in [1.29, 1.82) is 0 Å². The third-order valence-corrected chi connectivity index (χ3v) is 4.00. The molecular formula is C14H15NO4S. The topological polar surface area (TPSA) is 79.7 Å². The number of phenolic OH excluding ortho intramolecular Hbond substituents is 1. The molecule has 5 nitrogen and oxygen atoms in total. The number of aromatic nitrogens is 1. The van der Waals surface area contributed by atoms with E-state index in [9.17, 15) is 15.0 Å². The fourth-order valence-electron chi connectivity index (χ4n) is 1.61. The van der Waals surface area contributed by atoms with Gasteiger partial charge in [-0.25, -0.2) is 4.98 Å². The Labute approximate surface area is 120 Å². The number of aromatic hydroxyl groups is 1. The number of hydrogen-bond acceptors (Lipinski definition) is 5. The molecule has 6 heteroatoms. The van der Waals surface area contributed by atoms with E-state index in [1.54, 1.807) is 31.4 Å². The molecule has 0 saturated carbocycles. The number of carboxylic acids is 1. The van der Waals surface area contributed by atoms with Gasteiger partial charge >= 0.3 is 5.97 Å². The minimum atomic E-state index is -1.03. The highest BCUT2D eigenvalue weighted by Crippen LogP contribution is 2.34. The Kier molecular flexibility index (Phi) is 3.67. The maximum Gasteiger partial charge on any atom is 0.315 e. The minimum Gasteiger partial charge on any atom is -0.504 e. The van der Waals surface area contributed by atoms with Gasteiger partial charge in [-0.15, -0.1) is 11.3 Å². The van der Waals surface area contributed by atoms with E-state index < -0.39 is 11.4 Å². The van der Waals surface area contributed by atoms with E-state index >= 15 is 0 Å². The van der Waals surface area contributed by atoms with Crippen molar-refractivity contribution in [3.8, 4) is 22.1 Å². The fourth-order valence-corrected chi connectivity index (χ4v) is 2.60. The van der Waals surface area contributed by atoms with Gasteiger partial charge in [0.25, 0.3) is 0 Å². The van der Waals surface area contributed by atoms with Crippen LogP contribution in [0.2, 0.25) is 0 Å². The molecule has 20 heavy (non-hydrogen) atoms. The van der Waals surface area contributed by atoms with E-state index in [4.69, 9.17) is 4.74 Å². The van der Waals surface area contributed by atoms with Crippen LogP contribution in [0.15, 0.2) is 23.6 Å². The van der Waals surface area contributed by atoms with Crippen LogP contribution < -0.4 is 4.74 Å². The number of methoxy groups -OCH3 is 1. The normalized spacial score (nSPS) is 11.3. The van der Waals surface area contributed by atoms with E-state index in [-0.39, 0.29) is 5.75 Å². The molecule has 0 saturated heterocycles. The van der Waals surface area contributed by atoms with Crippen LogP contribution in [0.4, 0.5) is 0 Å². The van der Waals surface area contributed by atoms with Gasteiger partial charge in [0, 0.05) is 10.9 Å². The van der Waals surface area contributed by atoms with Gasteiger partial charge in [-0.05, 0) is 32.0 Å². The Hall–Kier alpha value is -2.08. The molecule has 2 aromatic rings. The van der Waals surface area contributed by atoms with Gasteiger partial charge in [-0.2, -0.15) is 0 Å². The maximum atomic E-state index is 11.2. The minimum absolute atomic E-state index is 0.0545. The van der Waals surface area contributed by atoms with E-state index in [0.29, 0.717) is 16.5 Å². The van der Waals surface area contributed by atoms with Gasteiger partial charge in [0.2, 0.25) is 0 Å². The molecule has 0 unspecified atom stereocenters. The first-order chi connectivity index (χ1) is 9.36. The summed E-state index contributed by atoms with van der Waals surface area (Å²) in [5.74, 6) is -0.506. The molecule has 0 fully saturated rings. The molecule has 2 N–H and O–H groups in total. The van der Waals surface area contributed by atoms with Crippen LogP contribution in [0.3, 0.4) is 0 Å². The highest BCUT2D eigenvalue weighted by molar-refractivity contribution is 7.13. The van der Waals surface area contributed by atoms with Gasteiger partial charge in [0.1, 0.15) is 10.4 Å². The molecule has 0 radical (unpaired) electrons. The van der Waals surface area contributed by atoms with Crippen molar-refractivity contribution in [3.05, 3.63) is 29.3 Å². The van der Waals surface area contributed by atoms with Crippen LogP contribution in [0, 0.1) is 0 Å². The van der Waals surface area contributed by atoms with Crippen molar-refractivity contribution in [2.45, 2.75) is 19.3 Å².